The molecular formula is C48H33NO. The molecule has 0 saturated carbocycles. The lowest BCUT2D eigenvalue weighted by Gasteiger charge is -2.29. The summed E-state index contributed by atoms with van der Waals surface area (Å²) in [6.07, 6.45) is 0. The molecule has 0 spiro atoms. The fourth-order valence-corrected chi connectivity index (χ4v) is 7.04. The Kier molecular flexibility index (Phi) is 7.53. The van der Waals surface area contributed by atoms with Crippen molar-refractivity contribution in [2.75, 3.05) is 4.90 Å². The summed E-state index contributed by atoms with van der Waals surface area (Å²) in [5, 5.41) is 0. The monoisotopic (exact) mass is 639 g/mol. The molecule has 1 aliphatic rings. The number of benzene rings is 8. The number of para-hydroxylation sites is 2. The van der Waals surface area contributed by atoms with Crippen molar-refractivity contribution in [3.8, 4) is 67.1 Å². The quantitative estimate of drug-likeness (QED) is 0.179. The average molecular weight is 640 g/mol. The Balaban J connectivity index is 1.25. The Labute approximate surface area is 293 Å². The maximum Gasteiger partial charge on any atom is 0.159 e. The van der Waals surface area contributed by atoms with Crippen molar-refractivity contribution in [2.45, 2.75) is 0 Å². The Morgan fingerprint density at radius 3 is 1.52 bits per heavy atom. The van der Waals surface area contributed by atoms with Crippen LogP contribution in [0.3, 0.4) is 0 Å². The van der Waals surface area contributed by atoms with E-state index >= 15 is 0 Å². The van der Waals surface area contributed by atoms with Crippen LogP contribution in [0.2, 0.25) is 0 Å². The van der Waals surface area contributed by atoms with Gasteiger partial charge in [-0.05, 0) is 87.0 Å². The van der Waals surface area contributed by atoms with E-state index in [9.17, 15) is 0 Å². The zero-order chi connectivity index (χ0) is 33.3. The van der Waals surface area contributed by atoms with Crippen molar-refractivity contribution < 1.29 is 4.74 Å². The smallest absolute Gasteiger partial charge is 0.159 e. The third-order valence-corrected chi connectivity index (χ3v) is 9.49. The van der Waals surface area contributed by atoms with E-state index in [4.69, 9.17) is 4.74 Å². The van der Waals surface area contributed by atoms with E-state index in [1.54, 1.807) is 0 Å². The fourth-order valence-electron chi connectivity index (χ4n) is 7.04. The van der Waals surface area contributed by atoms with Gasteiger partial charge in [0, 0.05) is 22.5 Å². The molecule has 8 aromatic rings. The van der Waals surface area contributed by atoms with Crippen molar-refractivity contribution in [1.29, 1.82) is 0 Å². The summed E-state index contributed by atoms with van der Waals surface area (Å²) in [6, 6.07) is 70.9. The lowest BCUT2D eigenvalue weighted by molar-refractivity contribution is 0.489. The highest BCUT2D eigenvalue weighted by Crippen LogP contribution is 2.53. The number of nitrogens with zero attached hydrogens (tertiary/aromatic N) is 1. The van der Waals surface area contributed by atoms with Crippen molar-refractivity contribution in [2.24, 2.45) is 0 Å². The van der Waals surface area contributed by atoms with Gasteiger partial charge in [0.05, 0.1) is 5.69 Å². The van der Waals surface area contributed by atoms with E-state index in [-0.39, 0.29) is 0 Å². The summed E-state index contributed by atoms with van der Waals surface area (Å²) < 4.78 is 7.05. The van der Waals surface area contributed by atoms with E-state index < -0.39 is 0 Å². The van der Waals surface area contributed by atoms with E-state index in [0.717, 1.165) is 56.4 Å². The van der Waals surface area contributed by atoms with Crippen LogP contribution in [-0.2, 0) is 0 Å². The van der Waals surface area contributed by atoms with Crippen LogP contribution in [0.4, 0.5) is 17.1 Å². The lowest BCUT2D eigenvalue weighted by Crippen LogP contribution is -2.11. The largest absolute Gasteiger partial charge is 0.454 e. The van der Waals surface area contributed by atoms with Gasteiger partial charge in [0.1, 0.15) is 5.75 Å². The Hall–Kier alpha value is -6.64. The SMILES string of the molecule is c1ccc(-c2ccc(N(c3cccc(-c4ccccc4)c3)c3cccc4c3Oc3ccccc3-c3cc(-c5ccccc5)ccc3-4)cc2)cc1. The van der Waals surface area contributed by atoms with Gasteiger partial charge in [-0.2, -0.15) is 0 Å². The number of hydrogen-bond acceptors (Lipinski definition) is 2. The molecular weight excluding hydrogens is 607 g/mol. The molecule has 0 fully saturated rings. The molecule has 1 aliphatic heterocycles. The Morgan fingerprint density at radius 2 is 0.820 bits per heavy atom. The molecule has 0 aromatic heterocycles. The van der Waals surface area contributed by atoms with Gasteiger partial charge in [0.2, 0.25) is 0 Å². The van der Waals surface area contributed by atoms with Gasteiger partial charge in [0.15, 0.2) is 5.75 Å². The van der Waals surface area contributed by atoms with Crippen LogP contribution in [0, 0.1) is 0 Å². The third kappa shape index (κ3) is 5.43. The van der Waals surface area contributed by atoms with Crippen molar-refractivity contribution in [3.05, 3.63) is 200 Å². The van der Waals surface area contributed by atoms with Gasteiger partial charge < -0.3 is 9.64 Å². The summed E-state index contributed by atoms with van der Waals surface area (Å²) >= 11 is 0. The van der Waals surface area contributed by atoms with Gasteiger partial charge in [-0.1, -0.05) is 158 Å². The molecule has 50 heavy (non-hydrogen) atoms. The van der Waals surface area contributed by atoms with Crippen LogP contribution in [0.25, 0.3) is 55.6 Å². The summed E-state index contributed by atoms with van der Waals surface area (Å²) in [5.74, 6) is 1.66. The minimum absolute atomic E-state index is 0.823. The van der Waals surface area contributed by atoms with E-state index in [2.05, 4.69) is 205 Å². The Bertz CT molecular complexity index is 2430. The molecule has 1 heterocycles. The highest BCUT2D eigenvalue weighted by atomic mass is 16.5. The Morgan fingerprint density at radius 1 is 0.300 bits per heavy atom. The molecule has 9 rings (SSSR count). The predicted molar refractivity (Wildman–Crippen MR) is 208 cm³/mol. The molecule has 0 bridgehead atoms. The average Bonchev–Trinajstić information content (AvgIpc) is 3.34. The van der Waals surface area contributed by atoms with Crippen LogP contribution >= 0.6 is 0 Å². The van der Waals surface area contributed by atoms with E-state index in [1.165, 1.54) is 27.8 Å². The second-order valence-electron chi connectivity index (χ2n) is 12.5. The number of anilines is 3. The maximum atomic E-state index is 7.05. The molecule has 0 aliphatic carbocycles. The number of hydrogen-bond donors (Lipinski definition) is 0. The van der Waals surface area contributed by atoms with Gasteiger partial charge in [0.25, 0.3) is 0 Å². The van der Waals surface area contributed by atoms with Crippen LogP contribution in [0.1, 0.15) is 0 Å². The van der Waals surface area contributed by atoms with E-state index in [1.807, 2.05) is 0 Å². The molecule has 2 heteroatoms. The number of ether oxygens (including phenoxy) is 1. The molecule has 0 amide bonds. The topological polar surface area (TPSA) is 12.5 Å². The summed E-state index contributed by atoms with van der Waals surface area (Å²) in [4.78, 5) is 2.33. The fraction of sp³-hybridized carbons (Fsp3) is 0. The van der Waals surface area contributed by atoms with Crippen LogP contribution in [0.5, 0.6) is 11.5 Å². The van der Waals surface area contributed by atoms with Gasteiger partial charge >= 0.3 is 0 Å². The minimum atomic E-state index is 0.823. The zero-order valence-electron chi connectivity index (χ0n) is 27.4. The molecule has 0 saturated heterocycles. The molecule has 236 valence electrons. The summed E-state index contributed by atoms with van der Waals surface area (Å²) in [7, 11) is 0. The molecule has 0 unspecified atom stereocenters. The first-order valence-corrected chi connectivity index (χ1v) is 17.0. The van der Waals surface area contributed by atoms with Crippen LogP contribution in [0.15, 0.2) is 200 Å². The third-order valence-electron chi connectivity index (χ3n) is 9.49. The van der Waals surface area contributed by atoms with Crippen molar-refractivity contribution in [3.63, 3.8) is 0 Å². The minimum Gasteiger partial charge on any atom is -0.454 e. The lowest BCUT2D eigenvalue weighted by atomic mass is 9.91. The van der Waals surface area contributed by atoms with Gasteiger partial charge in [-0.3, -0.25) is 0 Å². The van der Waals surface area contributed by atoms with E-state index in [0.29, 0.717) is 0 Å². The highest BCUT2D eigenvalue weighted by molar-refractivity contribution is 5.97. The number of rotatable bonds is 6. The first-order valence-electron chi connectivity index (χ1n) is 17.0. The normalized spacial score (nSPS) is 11.4. The first-order chi connectivity index (χ1) is 24.8. The summed E-state index contributed by atoms with van der Waals surface area (Å²) in [5.41, 5.74) is 14.6. The maximum absolute atomic E-state index is 7.05. The van der Waals surface area contributed by atoms with Crippen molar-refractivity contribution >= 4 is 17.1 Å². The molecule has 0 atom stereocenters. The second-order valence-corrected chi connectivity index (χ2v) is 12.5. The standard InChI is InChI=1S/C48H33NO/c1-4-14-34(15-5-1)37-26-29-40(30-27-37)49(41-21-12-20-38(32-41)35-16-6-2-7-17-35)46-24-13-23-44-42-31-28-39(36-18-8-3-9-19-36)33-45(42)43-22-10-11-25-47(43)50-48(44)46/h1-33H. The van der Waals surface area contributed by atoms with Gasteiger partial charge in [-0.25, -0.2) is 0 Å². The zero-order valence-corrected chi connectivity index (χ0v) is 27.4. The summed E-state index contributed by atoms with van der Waals surface area (Å²) in [6.45, 7) is 0. The molecule has 0 N–H and O–H groups in total. The van der Waals surface area contributed by atoms with Crippen molar-refractivity contribution in [1.82, 2.24) is 0 Å². The van der Waals surface area contributed by atoms with Crippen LogP contribution < -0.4 is 9.64 Å². The first kappa shape index (κ1) is 29.5. The molecule has 2 nitrogen and oxygen atoms in total. The molecule has 0 radical (unpaired) electrons. The molecule has 8 aromatic carbocycles. The second kappa shape index (κ2) is 12.8. The number of fused-ring (bicyclic) bond motifs is 5. The predicted octanol–water partition coefficient (Wildman–Crippen LogP) is 13.6. The van der Waals surface area contributed by atoms with Gasteiger partial charge in [-0.15, -0.1) is 0 Å². The van der Waals surface area contributed by atoms with Crippen LogP contribution in [-0.4, -0.2) is 0 Å². The highest BCUT2D eigenvalue weighted by Gasteiger charge is 2.27.